The first-order valence-corrected chi connectivity index (χ1v) is 46.7. The highest BCUT2D eigenvalue weighted by atomic mass is 35.5. The monoisotopic (exact) mass is 1850 g/mol. The van der Waals surface area contributed by atoms with E-state index in [1.807, 2.05) is 214 Å². The Bertz CT molecular complexity index is 5200. The summed E-state index contributed by atoms with van der Waals surface area (Å²) in [5, 5.41) is 27.4. The number of carbonyl (C=O) groups is 6. The maximum atomic E-state index is 13.5. The molecule has 6 N–H and O–H groups in total. The predicted octanol–water partition coefficient (Wildman–Crippen LogP) is 20.8. The van der Waals surface area contributed by atoms with Gasteiger partial charge in [0.1, 0.15) is 46.3 Å². The van der Waals surface area contributed by atoms with Crippen LogP contribution in [0.25, 0.3) is 6.08 Å². The van der Waals surface area contributed by atoms with Crippen LogP contribution in [-0.2, 0) is 61.1 Å². The van der Waals surface area contributed by atoms with Crippen molar-refractivity contribution in [2.24, 2.45) is 5.73 Å². The van der Waals surface area contributed by atoms with E-state index in [4.69, 9.17) is 51.2 Å². The van der Waals surface area contributed by atoms with Crippen LogP contribution in [0.1, 0.15) is 133 Å². The molecule has 1 heterocycles. The van der Waals surface area contributed by atoms with E-state index in [0.717, 1.165) is 59.2 Å². The highest BCUT2D eigenvalue weighted by molar-refractivity contribution is 7.94. The largest absolute Gasteiger partial charge is 0.482 e. The Hall–Kier alpha value is -12.6. The molecule has 706 valence electrons. The Morgan fingerprint density at radius 2 is 0.895 bits per heavy atom. The van der Waals surface area contributed by atoms with Crippen molar-refractivity contribution in [3.05, 3.63) is 371 Å². The van der Waals surface area contributed by atoms with Gasteiger partial charge in [0.2, 0.25) is 0 Å². The zero-order chi connectivity index (χ0) is 96.3. The van der Waals surface area contributed by atoms with Gasteiger partial charge in [0, 0.05) is 83.6 Å². The van der Waals surface area contributed by atoms with Gasteiger partial charge in [-0.05, 0) is 223 Å². The number of aldehydes is 1. The van der Waals surface area contributed by atoms with Crippen molar-refractivity contribution in [1.82, 2.24) is 24.9 Å². The lowest BCUT2D eigenvalue weighted by Crippen LogP contribution is -2.37. The van der Waals surface area contributed by atoms with Crippen molar-refractivity contribution in [1.29, 1.82) is 0 Å². The summed E-state index contributed by atoms with van der Waals surface area (Å²) in [7, 11) is 0. The number of rotatable bonds is 31. The smallest absolute Gasteiger partial charge is 0.410 e. The third kappa shape index (κ3) is 42.2. The maximum absolute atomic E-state index is 13.5. The molecule has 0 radical (unpaired) electrons. The number of hydrogen-bond acceptors (Lipinski definition) is 14. The second kappa shape index (κ2) is 57.6. The van der Waals surface area contributed by atoms with Crippen molar-refractivity contribution in [3.63, 3.8) is 0 Å². The molecule has 1 aliphatic rings. The summed E-state index contributed by atoms with van der Waals surface area (Å²) >= 11 is 5.93. The normalized spacial score (nSPS) is 12.3. The van der Waals surface area contributed by atoms with Crippen LogP contribution in [0.4, 0.5) is 38.0 Å². The fourth-order valence-electron chi connectivity index (χ4n) is 13.3. The molecule has 0 spiro atoms. The van der Waals surface area contributed by atoms with Crippen molar-refractivity contribution in [3.8, 4) is 5.75 Å². The molecule has 12 rings (SSSR count). The summed E-state index contributed by atoms with van der Waals surface area (Å²) in [6.07, 6.45) is 7.31. The number of hydrogen-bond donors (Lipinski definition) is 5. The topological polar surface area (TPSA) is 252 Å². The van der Waals surface area contributed by atoms with Crippen molar-refractivity contribution in [2.75, 3.05) is 71.0 Å². The van der Waals surface area contributed by atoms with Crippen LogP contribution < -0.4 is 37.0 Å². The predicted molar refractivity (Wildman–Crippen MR) is 529 cm³/mol. The second-order valence-corrected chi connectivity index (χ2v) is 37.7. The number of benzene rings is 11. The van der Waals surface area contributed by atoms with E-state index >= 15 is 0 Å². The first-order valence-electron chi connectivity index (χ1n) is 44.5. The number of aliphatic hydroxyl groups is 2. The molecule has 6 amide bonds. The Kier molecular flexibility index (Phi) is 46.6. The standard InChI is InChI=1S/C25H20FP.C22H26FNO2.C21H23ClFN3O4.C15H23NO3.C15H21NO3.C10H15NO/c26-22-18-16-21(17-19-22)20-27(23-10-4-1-5-11-23,24-12-6-2-7-13-24)25-14-8-3-9-15-25;1-22(2,3)26-21(25)24(17-19-10-5-4-6-11-19)16-8-7-9-18-12-14-20(23)15-13-18;22-15-3-6-19(18(12-15)25-21(24)28)30-13-20(27)26-8-7-17(29-10-9-26)11-14-1-4-16(23)5-2-14;2*1-15(2,3)19-14(18)16(10-7-11-17)12-13-8-5-4-6-9-13;12-8-4-7-11-9-10-5-2-1-3-6-10/h1-20H;4-7,9-15H,8,16-17H2,1-3H3;1-6,12,17H,7-11,13H2,(H3,24,25,28);4-6,8-9,17H,7,10-12H2,1-3H3;4-6,8-9,11H,7,10,12H2,1-3H3;1-3,5-6,11-12H,4,7-9H2/b;9-7+;;;;. The minimum absolute atomic E-state index is 0.0446. The van der Waals surface area contributed by atoms with E-state index in [1.54, 1.807) is 56.0 Å². The van der Waals surface area contributed by atoms with Gasteiger partial charge in [0.25, 0.3) is 5.91 Å². The van der Waals surface area contributed by atoms with Crippen LogP contribution >= 0.6 is 18.5 Å². The highest BCUT2D eigenvalue weighted by Gasteiger charge is 2.29. The van der Waals surface area contributed by atoms with Gasteiger partial charge in [-0.25, -0.2) is 32.3 Å². The minimum Gasteiger partial charge on any atom is -0.482 e. The molecule has 20 nitrogen and oxygen atoms in total. The van der Waals surface area contributed by atoms with Gasteiger partial charge in [-0.3, -0.25) is 4.79 Å². The summed E-state index contributed by atoms with van der Waals surface area (Å²) in [6, 6.07) is 94.7. The Morgan fingerprint density at radius 1 is 0.496 bits per heavy atom. The molecule has 11 aromatic rings. The fraction of sp³-hybridized carbons (Fsp3) is 0.306. The SMILES string of the molecule is CC(C)(C)OC(=O)N(CC/C=C/c1ccc(F)cc1)Cc1ccccc1.CC(C)(C)OC(=O)N(CCC=O)Cc1ccccc1.CC(C)(C)OC(=O)N(CCCO)Cc1ccccc1.Fc1ccc(C=P(c2ccccc2)(c2ccccc2)c2ccccc2)cc1.NC(=O)Nc1cc(Cl)ccc1OCC(=O)N1CCOC(Cc2ccc(F)cc2)CC1.OCCCNCc1ccccc1. The third-order valence-electron chi connectivity index (χ3n) is 19.6. The van der Waals surface area contributed by atoms with Crippen LogP contribution in [0.2, 0.25) is 5.02 Å². The molecule has 25 heteroatoms. The second-order valence-electron chi connectivity index (χ2n) is 34.0. The molecule has 1 unspecified atom stereocenters. The first kappa shape index (κ1) is 107. The van der Waals surface area contributed by atoms with Crippen molar-refractivity contribution in [2.45, 2.75) is 150 Å². The summed E-state index contributed by atoms with van der Waals surface area (Å²) in [5.74, 6) is 1.71. The molecule has 1 fully saturated rings. The van der Waals surface area contributed by atoms with Gasteiger partial charge in [-0.1, -0.05) is 272 Å². The molecule has 0 aliphatic carbocycles. The number of halogens is 4. The van der Waals surface area contributed by atoms with E-state index < -0.39 is 35.8 Å². The number of ether oxygens (including phenoxy) is 5. The molecule has 1 aliphatic heterocycles. The van der Waals surface area contributed by atoms with Gasteiger partial charge in [-0.15, -0.1) is 0 Å². The van der Waals surface area contributed by atoms with E-state index in [2.05, 4.69) is 101 Å². The third-order valence-corrected chi connectivity index (χ3v) is 23.8. The number of amides is 6. The molecule has 1 atom stereocenters. The van der Waals surface area contributed by atoms with Gasteiger partial charge >= 0.3 is 24.3 Å². The Balaban J connectivity index is 0.000000222. The summed E-state index contributed by atoms with van der Waals surface area (Å²) in [4.78, 5) is 77.4. The summed E-state index contributed by atoms with van der Waals surface area (Å²) < 4.78 is 67.1. The average molecular weight is 1860 g/mol. The van der Waals surface area contributed by atoms with Crippen LogP contribution in [0.3, 0.4) is 0 Å². The molecular weight excluding hydrogens is 1730 g/mol. The van der Waals surface area contributed by atoms with Crippen molar-refractivity contribution < 1.29 is 75.8 Å². The number of nitrogens with one attached hydrogen (secondary N) is 2. The Morgan fingerprint density at radius 3 is 1.31 bits per heavy atom. The fourth-order valence-corrected chi connectivity index (χ4v) is 17.3. The lowest BCUT2D eigenvalue weighted by atomic mass is 10.1. The van der Waals surface area contributed by atoms with E-state index in [-0.39, 0.29) is 61.5 Å². The molecule has 0 aromatic heterocycles. The zero-order valence-corrected chi connectivity index (χ0v) is 79.3. The number of nitrogens with two attached hydrogens (primary N) is 1. The maximum Gasteiger partial charge on any atom is 0.410 e. The lowest BCUT2D eigenvalue weighted by molar-refractivity contribution is -0.133. The van der Waals surface area contributed by atoms with Gasteiger partial charge in [0.05, 0.1) is 18.4 Å². The van der Waals surface area contributed by atoms with E-state index in [1.165, 1.54) is 63.9 Å². The number of nitrogens with zero attached hydrogens (tertiary/aromatic N) is 4. The number of aliphatic hydroxyl groups excluding tert-OH is 2. The highest BCUT2D eigenvalue weighted by Crippen LogP contribution is 2.44. The van der Waals surface area contributed by atoms with Crippen LogP contribution in [0.15, 0.2) is 309 Å². The minimum atomic E-state index is -2.04. The molecule has 11 aromatic carbocycles. The number of carbonyl (C=O) groups excluding carboxylic acids is 6. The Labute approximate surface area is 787 Å². The first-order chi connectivity index (χ1) is 63.8. The summed E-state index contributed by atoms with van der Waals surface area (Å²) in [6.45, 7) is 20.7. The van der Waals surface area contributed by atoms with E-state index in [0.29, 0.717) is 108 Å². The summed E-state index contributed by atoms with van der Waals surface area (Å²) in [5.41, 5.74) is 11.2. The van der Waals surface area contributed by atoms with Gasteiger partial charge < -0.3 is 74.7 Å². The molecular formula is C108H128ClF3N7O13P. The van der Waals surface area contributed by atoms with Crippen LogP contribution in [0, 0.1) is 17.5 Å². The van der Waals surface area contributed by atoms with Crippen LogP contribution in [0.5, 0.6) is 5.75 Å². The molecule has 1 saturated heterocycles. The number of urea groups is 1. The van der Waals surface area contributed by atoms with Crippen LogP contribution in [-0.4, -0.2) is 161 Å². The van der Waals surface area contributed by atoms with Crippen molar-refractivity contribution >= 4 is 88.5 Å². The zero-order valence-electron chi connectivity index (χ0n) is 77.6. The molecule has 133 heavy (non-hydrogen) atoms. The molecule has 0 saturated carbocycles. The van der Waals surface area contributed by atoms with Gasteiger partial charge in [0.15, 0.2) is 6.61 Å². The quantitative estimate of drug-likeness (QED) is 0.0117. The van der Waals surface area contributed by atoms with E-state index in [9.17, 15) is 41.9 Å². The number of anilines is 1. The average Bonchev–Trinajstić information content (AvgIpc) is 0.868. The lowest BCUT2D eigenvalue weighted by Gasteiger charge is -2.29. The number of primary amides is 1. The molecule has 0 bridgehead atoms. The van der Waals surface area contributed by atoms with Gasteiger partial charge in [-0.2, -0.15) is 0 Å².